The second kappa shape index (κ2) is 8.52. The van der Waals surface area contributed by atoms with Crippen LogP contribution in [0.1, 0.15) is 30.9 Å². The lowest BCUT2D eigenvalue weighted by atomic mass is 9.82. The van der Waals surface area contributed by atoms with Gasteiger partial charge in [0.15, 0.2) is 0 Å². The smallest absolute Gasteiger partial charge is 0.226 e. The largest absolute Gasteiger partial charge is 0.497 e. The van der Waals surface area contributed by atoms with E-state index in [0.717, 1.165) is 53.9 Å². The number of methoxy groups -OCH3 is 1. The highest BCUT2D eigenvalue weighted by molar-refractivity contribution is 5.81. The van der Waals surface area contributed by atoms with Crippen LogP contribution < -0.4 is 10.1 Å². The van der Waals surface area contributed by atoms with Gasteiger partial charge >= 0.3 is 0 Å². The Labute approximate surface area is 183 Å². The van der Waals surface area contributed by atoms with Crippen LogP contribution in [0.25, 0.3) is 11.1 Å². The predicted molar refractivity (Wildman–Crippen MR) is 119 cm³/mol. The van der Waals surface area contributed by atoms with E-state index in [-0.39, 0.29) is 36.4 Å². The minimum absolute atomic E-state index is 0.00528. The number of hydrogen-bond acceptors (Lipinski definition) is 5. The molecular formula is C25H30N2O4. The molecule has 3 aliphatic rings. The van der Waals surface area contributed by atoms with Crippen LogP contribution in [0.5, 0.6) is 5.75 Å². The number of aliphatic hydroxyl groups excluding tert-OH is 1. The fourth-order valence-corrected chi connectivity index (χ4v) is 5.47. The second-order valence-corrected chi connectivity index (χ2v) is 8.78. The van der Waals surface area contributed by atoms with Crippen molar-refractivity contribution in [2.45, 2.75) is 31.3 Å². The third-order valence-electron chi connectivity index (χ3n) is 7.13. The molecule has 2 aromatic rings. The van der Waals surface area contributed by atoms with Gasteiger partial charge in [-0.15, -0.1) is 0 Å². The van der Waals surface area contributed by atoms with Gasteiger partial charge in [-0.1, -0.05) is 18.2 Å². The Morgan fingerprint density at radius 3 is 2.74 bits per heavy atom. The fraction of sp³-hybridized carbons (Fsp3) is 0.480. The van der Waals surface area contributed by atoms with Gasteiger partial charge in [0.25, 0.3) is 0 Å². The molecule has 0 bridgehead atoms. The van der Waals surface area contributed by atoms with Crippen LogP contribution in [-0.2, 0) is 9.53 Å². The van der Waals surface area contributed by atoms with Crippen LogP contribution in [0, 0.1) is 11.8 Å². The molecule has 2 fully saturated rings. The number of aliphatic hydroxyl groups is 1. The fourth-order valence-electron chi connectivity index (χ4n) is 5.47. The van der Waals surface area contributed by atoms with Gasteiger partial charge in [-0.05, 0) is 60.2 Å². The van der Waals surface area contributed by atoms with E-state index in [1.807, 2.05) is 18.2 Å². The van der Waals surface area contributed by atoms with E-state index >= 15 is 0 Å². The molecule has 2 saturated heterocycles. The van der Waals surface area contributed by atoms with Gasteiger partial charge in [0.05, 0.1) is 25.8 Å². The van der Waals surface area contributed by atoms with Gasteiger partial charge in [0, 0.05) is 37.3 Å². The molecule has 1 amide bonds. The lowest BCUT2D eigenvalue weighted by Gasteiger charge is -2.40. The monoisotopic (exact) mass is 422 g/mol. The molecule has 3 aliphatic heterocycles. The van der Waals surface area contributed by atoms with Crippen molar-refractivity contribution in [3.8, 4) is 16.9 Å². The maximum Gasteiger partial charge on any atom is 0.226 e. The molecule has 0 aliphatic carbocycles. The Balaban J connectivity index is 1.52. The van der Waals surface area contributed by atoms with Crippen molar-refractivity contribution < 1.29 is 19.4 Å². The van der Waals surface area contributed by atoms with Gasteiger partial charge in [0.2, 0.25) is 5.91 Å². The van der Waals surface area contributed by atoms with E-state index < -0.39 is 0 Å². The molecule has 5 rings (SSSR count). The topological polar surface area (TPSA) is 71.0 Å². The van der Waals surface area contributed by atoms with Crippen molar-refractivity contribution in [2.75, 3.05) is 38.8 Å². The summed E-state index contributed by atoms with van der Waals surface area (Å²) >= 11 is 0. The third-order valence-corrected chi connectivity index (χ3v) is 7.13. The van der Waals surface area contributed by atoms with Crippen LogP contribution in [0.3, 0.4) is 0 Å². The number of carbonyl (C=O) groups excluding carboxylic acids is 1. The zero-order chi connectivity index (χ0) is 21.4. The van der Waals surface area contributed by atoms with Crippen LogP contribution in [0.15, 0.2) is 42.5 Å². The summed E-state index contributed by atoms with van der Waals surface area (Å²) in [5.74, 6) is 1.32. The number of hydrogen-bond donors (Lipinski definition) is 2. The first-order chi connectivity index (χ1) is 15.2. The van der Waals surface area contributed by atoms with E-state index in [0.29, 0.717) is 13.2 Å². The number of nitrogens with zero attached hydrogens (tertiary/aromatic N) is 1. The number of anilines is 1. The maximum atomic E-state index is 13.5. The molecule has 3 heterocycles. The van der Waals surface area contributed by atoms with E-state index in [2.05, 4.69) is 34.5 Å². The Kier molecular flexibility index (Phi) is 5.59. The Hall–Kier alpha value is -2.57. The summed E-state index contributed by atoms with van der Waals surface area (Å²) in [5, 5.41) is 13.6. The summed E-state index contributed by atoms with van der Waals surface area (Å²) in [4.78, 5) is 15.6. The van der Waals surface area contributed by atoms with Crippen molar-refractivity contribution >= 4 is 11.6 Å². The molecule has 31 heavy (non-hydrogen) atoms. The van der Waals surface area contributed by atoms with Crippen molar-refractivity contribution in [1.29, 1.82) is 0 Å². The van der Waals surface area contributed by atoms with Crippen LogP contribution in [-0.4, -0.2) is 55.4 Å². The molecule has 6 nitrogen and oxygen atoms in total. The van der Waals surface area contributed by atoms with Crippen molar-refractivity contribution in [3.05, 3.63) is 48.0 Å². The summed E-state index contributed by atoms with van der Waals surface area (Å²) in [6, 6.07) is 14.4. The Morgan fingerprint density at radius 2 is 1.97 bits per heavy atom. The summed E-state index contributed by atoms with van der Waals surface area (Å²) in [6.07, 6.45) is 2.50. The molecule has 2 N–H and O–H groups in total. The van der Waals surface area contributed by atoms with Crippen LogP contribution in [0.4, 0.5) is 5.69 Å². The molecule has 164 valence electrons. The normalized spacial score (nSPS) is 25.5. The minimum Gasteiger partial charge on any atom is -0.497 e. The average Bonchev–Trinajstić information content (AvgIpc) is 3.29. The summed E-state index contributed by atoms with van der Waals surface area (Å²) in [5.41, 5.74) is 4.35. The summed E-state index contributed by atoms with van der Waals surface area (Å²) in [7, 11) is 1.67. The Bertz CT molecular complexity index is 956. The molecule has 3 atom stereocenters. The van der Waals surface area contributed by atoms with Gasteiger partial charge in [-0.3, -0.25) is 4.79 Å². The lowest BCUT2D eigenvalue weighted by Crippen LogP contribution is -2.44. The molecular weight excluding hydrogens is 392 g/mol. The maximum absolute atomic E-state index is 13.5. The molecule has 0 radical (unpaired) electrons. The first kappa shape index (κ1) is 20.3. The zero-order valence-electron chi connectivity index (χ0n) is 17.9. The van der Waals surface area contributed by atoms with E-state index in [4.69, 9.17) is 9.47 Å². The lowest BCUT2D eigenvalue weighted by molar-refractivity contribution is -0.140. The van der Waals surface area contributed by atoms with Crippen molar-refractivity contribution in [2.24, 2.45) is 11.8 Å². The number of benzene rings is 2. The molecule has 6 heteroatoms. The quantitative estimate of drug-likeness (QED) is 0.790. The number of likely N-dealkylation sites (tertiary alicyclic amines) is 1. The Morgan fingerprint density at radius 1 is 1.16 bits per heavy atom. The van der Waals surface area contributed by atoms with Crippen LogP contribution >= 0.6 is 0 Å². The third kappa shape index (κ3) is 3.68. The summed E-state index contributed by atoms with van der Waals surface area (Å²) < 4.78 is 10.9. The predicted octanol–water partition coefficient (Wildman–Crippen LogP) is 3.46. The first-order valence-electron chi connectivity index (χ1n) is 11.2. The highest BCUT2D eigenvalue weighted by Crippen LogP contribution is 2.48. The molecule has 2 aromatic carbocycles. The van der Waals surface area contributed by atoms with Gasteiger partial charge in [-0.25, -0.2) is 0 Å². The van der Waals surface area contributed by atoms with E-state index in [1.165, 1.54) is 0 Å². The van der Waals surface area contributed by atoms with Crippen molar-refractivity contribution in [3.63, 3.8) is 0 Å². The second-order valence-electron chi connectivity index (χ2n) is 8.78. The number of fused-ring (bicyclic) bond motifs is 3. The standard InChI is InChI=1S/C25H30N2O4/c1-30-19-4-2-3-17(13-19)18-5-6-22-21(14-18)24-20(23(15-28)26-22)7-10-27(24)25(29)16-8-11-31-12-9-16/h2-6,13-14,16,20,23-24,26,28H,7-12,15H2,1H3/t20-,23+,24-/m0/s1. The minimum atomic E-state index is -0.0346. The number of rotatable bonds is 4. The molecule has 0 aromatic heterocycles. The van der Waals surface area contributed by atoms with E-state index in [9.17, 15) is 9.90 Å². The highest BCUT2D eigenvalue weighted by Gasteiger charge is 2.46. The number of amides is 1. The molecule has 0 spiro atoms. The number of ether oxygens (including phenoxy) is 2. The number of nitrogens with one attached hydrogen (secondary N) is 1. The average molecular weight is 423 g/mol. The summed E-state index contributed by atoms with van der Waals surface area (Å²) in [6.45, 7) is 2.13. The van der Waals surface area contributed by atoms with Gasteiger partial charge < -0.3 is 24.8 Å². The molecule has 0 saturated carbocycles. The highest BCUT2D eigenvalue weighted by atomic mass is 16.5. The first-order valence-corrected chi connectivity index (χ1v) is 11.2. The van der Waals surface area contributed by atoms with Crippen molar-refractivity contribution in [1.82, 2.24) is 4.90 Å². The molecule has 0 unspecified atom stereocenters. The SMILES string of the molecule is COc1cccc(-c2ccc3c(c2)[C@@H]2[C@@H](CCN2C(=O)C2CCOCC2)[C@@H](CO)N3)c1. The zero-order valence-corrected chi connectivity index (χ0v) is 17.9. The van der Waals surface area contributed by atoms with Gasteiger partial charge in [0.1, 0.15) is 5.75 Å². The van der Waals surface area contributed by atoms with Crippen LogP contribution in [0.2, 0.25) is 0 Å². The number of carbonyl (C=O) groups is 1. The van der Waals surface area contributed by atoms with E-state index in [1.54, 1.807) is 7.11 Å². The van der Waals surface area contributed by atoms with Gasteiger partial charge in [-0.2, -0.15) is 0 Å².